The summed E-state index contributed by atoms with van der Waals surface area (Å²) in [6.07, 6.45) is 0.558. The second-order valence-electron chi connectivity index (χ2n) is 11.3. The molecule has 0 spiro atoms. The first kappa shape index (κ1) is 28.8. The van der Waals surface area contributed by atoms with Crippen LogP contribution in [-0.2, 0) is 16.4 Å². The molecule has 4 aromatic rings. The zero-order chi connectivity index (χ0) is 28.2. The van der Waals surface area contributed by atoms with E-state index >= 15 is 0 Å². The van der Waals surface area contributed by atoms with Crippen LogP contribution in [0.15, 0.2) is 102 Å². The number of rotatable bonds is 10. The number of sulfonamides is 1. The van der Waals surface area contributed by atoms with Gasteiger partial charge >= 0.3 is 0 Å². The van der Waals surface area contributed by atoms with E-state index in [0.29, 0.717) is 17.2 Å². The second-order valence-corrected chi connectivity index (χ2v) is 13.0. The van der Waals surface area contributed by atoms with Crippen LogP contribution in [-0.4, -0.2) is 8.42 Å². The lowest BCUT2D eigenvalue weighted by atomic mass is 9.89. The smallest absolute Gasteiger partial charge is 0.207 e. The van der Waals surface area contributed by atoms with Crippen molar-refractivity contribution in [3.8, 4) is 11.1 Å². The minimum atomic E-state index is -3.83. The van der Waals surface area contributed by atoms with E-state index in [2.05, 4.69) is 94.8 Å². The molecule has 0 heterocycles. The van der Waals surface area contributed by atoms with Gasteiger partial charge in [-0.05, 0) is 63.1 Å². The molecule has 0 aliphatic rings. The van der Waals surface area contributed by atoms with E-state index < -0.39 is 16.1 Å². The van der Waals surface area contributed by atoms with Gasteiger partial charge in [-0.3, -0.25) is 0 Å². The fourth-order valence-electron chi connectivity index (χ4n) is 5.06. The normalized spacial score (nSPS) is 12.8. The lowest BCUT2D eigenvalue weighted by Gasteiger charge is -2.26. The van der Waals surface area contributed by atoms with Gasteiger partial charge < -0.3 is 0 Å². The van der Waals surface area contributed by atoms with Gasteiger partial charge in [0.1, 0.15) is 0 Å². The Balaban J connectivity index is 1.79. The van der Waals surface area contributed by atoms with Crippen LogP contribution in [0.5, 0.6) is 0 Å². The molecule has 204 valence electrons. The molecule has 0 radical (unpaired) electrons. The Bertz CT molecular complexity index is 1440. The van der Waals surface area contributed by atoms with Crippen LogP contribution < -0.4 is 4.72 Å². The molecule has 4 heteroatoms. The molecular formula is C35H41NO2S. The Hall–Kier alpha value is -3.21. The summed E-state index contributed by atoms with van der Waals surface area (Å²) < 4.78 is 31.8. The average Bonchev–Trinajstić information content (AvgIpc) is 2.93. The molecule has 4 rings (SSSR count). The Morgan fingerprint density at radius 2 is 1.08 bits per heavy atom. The summed E-state index contributed by atoms with van der Waals surface area (Å²) in [4.78, 5) is 0.441. The van der Waals surface area contributed by atoms with Crippen molar-refractivity contribution in [2.45, 2.75) is 76.7 Å². The van der Waals surface area contributed by atoms with Gasteiger partial charge in [-0.15, -0.1) is 0 Å². The maximum atomic E-state index is 14.3. The number of nitrogens with one attached hydrogen (secondary N) is 1. The summed E-state index contributed by atoms with van der Waals surface area (Å²) in [5, 5.41) is 0. The zero-order valence-corrected chi connectivity index (χ0v) is 24.8. The molecule has 0 aliphatic carbocycles. The van der Waals surface area contributed by atoms with E-state index in [1.807, 2.05) is 48.5 Å². The van der Waals surface area contributed by atoms with Crippen LogP contribution in [0, 0.1) is 0 Å². The van der Waals surface area contributed by atoms with E-state index in [9.17, 15) is 8.42 Å². The molecule has 0 aromatic heterocycles. The van der Waals surface area contributed by atoms with Crippen molar-refractivity contribution < 1.29 is 8.42 Å². The molecule has 3 nitrogen and oxygen atoms in total. The van der Waals surface area contributed by atoms with Crippen molar-refractivity contribution in [2.75, 3.05) is 0 Å². The van der Waals surface area contributed by atoms with Crippen molar-refractivity contribution >= 4 is 10.0 Å². The van der Waals surface area contributed by atoms with Gasteiger partial charge in [-0.2, -0.15) is 0 Å². The SMILES string of the molecule is CC(C)c1cc(C(C)C)c(S(=O)(=O)NC(Cc2ccccc2)c2ccc(-c3ccccc3)cc2)c(C(C)C)c1. The van der Waals surface area contributed by atoms with Gasteiger partial charge in [0.25, 0.3) is 0 Å². The minimum Gasteiger partial charge on any atom is -0.207 e. The fourth-order valence-corrected chi connectivity index (χ4v) is 6.98. The van der Waals surface area contributed by atoms with Crippen LogP contribution in [0.2, 0.25) is 0 Å². The van der Waals surface area contributed by atoms with Crippen LogP contribution >= 0.6 is 0 Å². The van der Waals surface area contributed by atoms with Crippen LogP contribution in [0.4, 0.5) is 0 Å². The van der Waals surface area contributed by atoms with Crippen molar-refractivity contribution in [1.29, 1.82) is 0 Å². The maximum Gasteiger partial charge on any atom is 0.241 e. The predicted octanol–water partition coefficient (Wildman–Crippen LogP) is 8.99. The molecule has 0 saturated carbocycles. The zero-order valence-electron chi connectivity index (χ0n) is 24.0. The third kappa shape index (κ3) is 6.87. The fraction of sp³-hybridized carbons (Fsp3) is 0.314. The summed E-state index contributed by atoms with van der Waals surface area (Å²) in [5.41, 5.74) is 7.22. The Morgan fingerprint density at radius 1 is 0.590 bits per heavy atom. The summed E-state index contributed by atoms with van der Waals surface area (Å²) in [7, 11) is -3.83. The first-order valence-corrected chi connectivity index (χ1v) is 15.4. The summed E-state index contributed by atoms with van der Waals surface area (Å²) in [6, 6.07) is 32.3. The largest absolute Gasteiger partial charge is 0.241 e. The highest BCUT2D eigenvalue weighted by Crippen LogP contribution is 2.36. The quantitative estimate of drug-likeness (QED) is 0.219. The van der Waals surface area contributed by atoms with Gasteiger partial charge in [0.2, 0.25) is 10.0 Å². The molecule has 0 bridgehead atoms. The first-order valence-electron chi connectivity index (χ1n) is 14.0. The molecule has 1 unspecified atom stereocenters. The Kier molecular flexibility index (Phi) is 9.09. The highest BCUT2D eigenvalue weighted by atomic mass is 32.2. The van der Waals surface area contributed by atoms with Crippen LogP contribution in [0.1, 0.15) is 93.2 Å². The molecule has 1 atom stereocenters. The van der Waals surface area contributed by atoms with E-state index in [1.165, 1.54) is 5.56 Å². The summed E-state index contributed by atoms with van der Waals surface area (Å²) in [5.74, 6) is 0.467. The third-order valence-electron chi connectivity index (χ3n) is 7.35. The van der Waals surface area contributed by atoms with E-state index in [-0.39, 0.29) is 11.8 Å². The lowest BCUT2D eigenvalue weighted by Crippen LogP contribution is -2.32. The van der Waals surface area contributed by atoms with Crippen LogP contribution in [0.3, 0.4) is 0 Å². The average molecular weight is 540 g/mol. The molecule has 0 fully saturated rings. The third-order valence-corrected chi connectivity index (χ3v) is 8.95. The molecule has 1 N–H and O–H groups in total. The molecule has 4 aromatic carbocycles. The number of hydrogen-bond acceptors (Lipinski definition) is 2. The van der Waals surface area contributed by atoms with Crippen molar-refractivity contribution in [3.63, 3.8) is 0 Å². The van der Waals surface area contributed by atoms with Crippen molar-refractivity contribution in [1.82, 2.24) is 4.72 Å². The van der Waals surface area contributed by atoms with Crippen LogP contribution in [0.25, 0.3) is 11.1 Å². The molecular weight excluding hydrogens is 498 g/mol. The maximum absolute atomic E-state index is 14.3. The predicted molar refractivity (Wildman–Crippen MR) is 164 cm³/mol. The van der Waals surface area contributed by atoms with Gasteiger partial charge in [-0.1, -0.05) is 139 Å². The van der Waals surface area contributed by atoms with Crippen molar-refractivity contribution in [2.24, 2.45) is 0 Å². The number of benzene rings is 4. The summed E-state index contributed by atoms with van der Waals surface area (Å²) in [6.45, 7) is 12.6. The molecule has 0 aliphatic heterocycles. The summed E-state index contributed by atoms with van der Waals surface area (Å²) >= 11 is 0. The molecule has 39 heavy (non-hydrogen) atoms. The van der Waals surface area contributed by atoms with E-state index in [0.717, 1.165) is 33.4 Å². The van der Waals surface area contributed by atoms with Gasteiger partial charge in [0, 0.05) is 0 Å². The Morgan fingerprint density at radius 3 is 1.56 bits per heavy atom. The topological polar surface area (TPSA) is 46.2 Å². The van der Waals surface area contributed by atoms with E-state index in [4.69, 9.17) is 0 Å². The highest BCUT2D eigenvalue weighted by Gasteiger charge is 2.29. The Labute approximate surface area is 235 Å². The van der Waals surface area contributed by atoms with E-state index in [1.54, 1.807) is 0 Å². The molecule has 0 amide bonds. The second kappa shape index (κ2) is 12.3. The van der Waals surface area contributed by atoms with Crippen molar-refractivity contribution in [3.05, 3.63) is 125 Å². The van der Waals surface area contributed by atoms with Gasteiger partial charge in [0.05, 0.1) is 10.9 Å². The minimum absolute atomic E-state index is 0.0745. The lowest BCUT2D eigenvalue weighted by molar-refractivity contribution is 0.550. The van der Waals surface area contributed by atoms with Gasteiger partial charge in [-0.25, -0.2) is 13.1 Å². The monoisotopic (exact) mass is 539 g/mol. The first-order chi connectivity index (χ1) is 18.6. The van der Waals surface area contributed by atoms with Gasteiger partial charge in [0.15, 0.2) is 0 Å². The standard InChI is InChI=1S/C35H41NO2S/c1-24(2)31-22-32(25(3)4)35(33(23-31)26(5)6)39(37,38)36-34(21-27-13-9-7-10-14-27)30-19-17-29(18-20-30)28-15-11-8-12-16-28/h7-20,22-26,34,36H,21H2,1-6H3. The highest BCUT2D eigenvalue weighted by molar-refractivity contribution is 7.89. The number of hydrogen-bond donors (Lipinski definition) is 1. The molecule has 0 saturated heterocycles.